The van der Waals surface area contributed by atoms with Crippen LogP contribution in [0.15, 0.2) is 24.5 Å². The fraction of sp³-hybridized carbons (Fsp3) is 0.684. The van der Waals surface area contributed by atoms with Crippen molar-refractivity contribution in [2.24, 2.45) is 0 Å². The average molecular weight is 345 g/mol. The minimum atomic E-state index is 0.120. The number of rotatable bonds is 5. The molecule has 2 aliphatic heterocycles. The lowest BCUT2D eigenvalue weighted by molar-refractivity contribution is 0.128. The largest absolute Gasteiger partial charge is 0.335 e. The summed E-state index contributed by atoms with van der Waals surface area (Å²) in [6, 6.07) is 4.55. The summed E-state index contributed by atoms with van der Waals surface area (Å²) in [5, 5.41) is 3.25. The van der Waals surface area contributed by atoms with Crippen LogP contribution >= 0.6 is 0 Å². The molecule has 0 radical (unpaired) electrons. The first-order valence-electron chi connectivity index (χ1n) is 9.63. The molecule has 0 spiro atoms. The SMILES string of the molecule is CCCN1CCC(NC(=O)N2CCN(Cc3cccnc3)CC2)CC1. The van der Waals surface area contributed by atoms with Gasteiger partial charge in [-0.15, -0.1) is 0 Å². The smallest absolute Gasteiger partial charge is 0.317 e. The zero-order valence-electron chi connectivity index (χ0n) is 15.4. The molecule has 2 saturated heterocycles. The van der Waals surface area contributed by atoms with Gasteiger partial charge in [-0.3, -0.25) is 9.88 Å². The van der Waals surface area contributed by atoms with Gasteiger partial charge < -0.3 is 15.1 Å². The molecule has 0 aromatic carbocycles. The summed E-state index contributed by atoms with van der Waals surface area (Å²) in [6.45, 7) is 10.0. The lowest BCUT2D eigenvalue weighted by Crippen LogP contribution is -2.54. The molecule has 2 amide bonds. The Balaban J connectivity index is 1.37. The van der Waals surface area contributed by atoms with Crippen LogP contribution in [0.1, 0.15) is 31.7 Å². The maximum Gasteiger partial charge on any atom is 0.317 e. The van der Waals surface area contributed by atoms with Gasteiger partial charge >= 0.3 is 6.03 Å². The number of amides is 2. The highest BCUT2D eigenvalue weighted by Crippen LogP contribution is 2.12. The summed E-state index contributed by atoms with van der Waals surface area (Å²) < 4.78 is 0. The van der Waals surface area contributed by atoms with Crippen LogP contribution in [-0.2, 0) is 6.54 Å². The van der Waals surface area contributed by atoms with Crippen molar-refractivity contribution in [3.8, 4) is 0 Å². The van der Waals surface area contributed by atoms with E-state index in [0.717, 1.165) is 58.7 Å². The number of piperazine rings is 1. The topological polar surface area (TPSA) is 51.7 Å². The van der Waals surface area contributed by atoms with E-state index in [1.807, 2.05) is 17.2 Å². The van der Waals surface area contributed by atoms with Crippen molar-refractivity contribution < 1.29 is 4.79 Å². The Morgan fingerprint density at radius 1 is 1.16 bits per heavy atom. The van der Waals surface area contributed by atoms with Crippen LogP contribution in [0.5, 0.6) is 0 Å². The van der Waals surface area contributed by atoms with E-state index in [9.17, 15) is 4.79 Å². The summed E-state index contributed by atoms with van der Waals surface area (Å²) >= 11 is 0. The first-order chi connectivity index (χ1) is 12.2. The Bertz CT molecular complexity index is 522. The molecular weight excluding hydrogens is 314 g/mol. The van der Waals surface area contributed by atoms with Crippen molar-refractivity contribution in [3.63, 3.8) is 0 Å². The van der Waals surface area contributed by atoms with Gasteiger partial charge in [-0.25, -0.2) is 4.79 Å². The molecule has 0 unspecified atom stereocenters. The quantitative estimate of drug-likeness (QED) is 0.884. The molecule has 138 valence electrons. The summed E-state index contributed by atoms with van der Waals surface area (Å²) in [6.07, 6.45) is 7.09. The second-order valence-corrected chi connectivity index (χ2v) is 7.19. The molecule has 2 aliphatic rings. The van der Waals surface area contributed by atoms with Crippen LogP contribution < -0.4 is 5.32 Å². The third-order valence-electron chi connectivity index (χ3n) is 5.24. The van der Waals surface area contributed by atoms with Crippen LogP contribution in [0.25, 0.3) is 0 Å². The number of aromatic nitrogens is 1. The van der Waals surface area contributed by atoms with Gasteiger partial charge in [0, 0.05) is 64.2 Å². The maximum absolute atomic E-state index is 12.5. The molecule has 1 aromatic rings. The van der Waals surface area contributed by atoms with E-state index < -0.39 is 0 Å². The number of piperidine rings is 1. The molecule has 1 aromatic heterocycles. The van der Waals surface area contributed by atoms with E-state index in [1.165, 1.54) is 18.5 Å². The lowest BCUT2D eigenvalue weighted by atomic mass is 10.1. The van der Waals surface area contributed by atoms with Gasteiger partial charge in [-0.1, -0.05) is 13.0 Å². The van der Waals surface area contributed by atoms with Crippen LogP contribution in [0.2, 0.25) is 0 Å². The van der Waals surface area contributed by atoms with Crippen molar-refractivity contribution in [1.29, 1.82) is 0 Å². The Hall–Kier alpha value is -1.66. The van der Waals surface area contributed by atoms with Gasteiger partial charge in [-0.05, 0) is 37.4 Å². The molecule has 3 rings (SSSR count). The van der Waals surface area contributed by atoms with E-state index >= 15 is 0 Å². The molecule has 0 aliphatic carbocycles. The predicted molar refractivity (Wildman–Crippen MR) is 99.4 cm³/mol. The fourth-order valence-corrected chi connectivity index (χ4v) is 3.74. The molecular formula is C19H31N5O. The van der Waals surface area contributed by atoms with Gasteiger partial charge in [0.2, 0.25) is 0 Å². The van der Waals surface area contributed by atoms with Crippen molar-refractivity contribution in [3.05, 3.63) is 30.1 Å². The Morgan fingerprint density at radius 3 is 2.56 bits per heavy atom. The molecule has 3 heterocycles. The maximum atomic E-state index is 12.5. The zero-order chi connectivity index (χ0) is 17.5. The molecule has 2 fully saturated rings. The standard InChI is InChI=1S/C19H31N5O/c1-2-8-22-9-5-18(6-10-22)21-19(25)24-13-11-23(12-14-24)16-17-4-3-7-20-15-17/h3-4,7,15,18H,2,5-6,8-14,16H2,1H3,(H,21,25). The van der Waals surface area contributed by atoms with Crippen LogP contribution in [0.3, 0.4) is 0 Å². The Morgan fingerprint density at radius 2 is 1.92 bits per heavy atom. The monoisotopic (exact) mass is 345 g/mol. The summed E-state index contributed by atoms with van der Waals surface area (Å²) in [5.41, 5.74) is 1.24. The number of likely N-dealkylation sites (tertiary alicyclic amines) is 1. The zero-order valence-corrected chi connectivity index (χ0v) is 15.4. The minimum Gasteiger partial charge on any atom is -0.335 e. The van der Waals surface area contributed by atoms with E-state index in [4.69, 9.17) is 0 Å². The second kappa shape index (κ2) is 9.15. The van der Waals surface area contributed by atoms with Crippen LogP contribution in [0, 0.1) is 0 Å². The first-order valence-corrected chi connectivity index (χ1v) is 9.63. The third kappa shape index (κ3) is 5.41. The van der Waals surface area contributed by atoms with Crippen molar-refractivity contribution in [1.82, 2.24) is 25.0 Å². The normalized spacial score (nSPS) is 20.6. The molecule has 0 atom stereocenters. The van der Waals surface area contributed by atoms with Gasteiger partial charge in [0.15, 0.2) is 0 Å². The highest BCUT2D eigenvalue weighted by Gasteiger charge is 2.25. The minimum absolute atomic E-state index is 0.120. The molecule has 6 nitrogen and oxygen atoms in total. The van der Waals surface area contributed by atoms with Crippen molar-refractivity contribution in [2.45, 2.75) is 38.8 Å². The fourth-order valence-electron chi connectivity index (χ4n) is 3.74. The van der Waals surface area contributed by atoms with Gasteiger partial charge in [0.05, 0.1) is 0 Å². The van der Waals surface area contributed by atoms with Crippen LogP contribution in [0.4, 0.5) is 4.79 Å². The second-order valence-electron chi connectivity index (χ2n) is 7.19. The summed E-state index contributed by atoms with van der Waals surface area (Å²) in [4.78, 5) is 23.5. The van der Waals surface area contributed by atoms with Gasteiger partial charge in [0.1, 0.15) is 0 Å². The molecule has 25 heavy (non-hydrogen) atoms. The summed E-state index contributed by atoms with van der Waals surface area (Å²) in [7, 11) is 0. The number of carbonyl (C=O) groups excluding carboxylic acids is 1. The number of urea groups is 1. The average Bonchev–Trinajstić information content (AvgIpc) is 2.65. The first kappa shape index (κ1) is 18.1. The molecule has 1 N–H and O–H groups in total. The number of pyridine rings is 1. The van der Waals surface area contributed by atoms with E-state index in [0.29, 0.717) is 6.04 Å². The predicted octanol–water partition coefficient (Wildman–Crippen LogP) is 1.78. The Kier molecular flexibility index (Phi) is 6.64. The summed E-state index contributed by atoms with van der Waals surface area (Å²) in [5.74, 6) is 0. The highest BCUT2D eigenvalue weighted by molar-refractivity contribution is 5.74. The van der Waals surface area contributed by atoms with Gasteiger partial charge in [0.25, 0.3) is 0 Å². The van der Waals surface area contributed by atoms with E-state index in [1.54, 1.807) is 6.20 Å². The van der Waals surface area contributed by atoms with E-state index in [-0.39, 0.29) is 6.03 Å². The Labute approximate surface area is 151 Å². The number of nitrogens with zero attached hydrogens (tertiary/aromatic N) is 4. The van der Waals surface area contributed by atoms with Crippen molar-refractivity contribution in [2.75, 3.05) is 45.8 Å². The number of nitrogens with one attached hydrogen (secondary N) is 1. The molecule has 0 saturated carbocycles. The lowest BCUT2D eigenvalue weighted by Gasteiger charge is -2.37. The van der Waals surface area contributed by atoms with E-state index in [2.05, 4.69) is 33.1 Å². The number of hydrogen-bond acceptors (Lipinski definition) is 4. The third-order valence-corrected chi connectivity index (χ3v) is 5.24. The van der Waals surface area contributed by atoms with Gasteiger partial charge in [-0.2, -0.15) is 0 Å². The van der Waals surface area contributed by atoms with Crippen LogP contribution in [-0.4, -0.2) is 77.6 Å². The van der Waals surface area contributed by atoms with Crippen molar-refractivity contribution >= 4 is 6.03 Å². The molecule has 6 heteroatoms. The highest BCUT2D eigenvalue weighted by atomic mass is 16.2. The number of carbonyl (C=O) groups is 1. The number of hydrogen-bond donors (Lipinski definition) is 1. The molecule has 0 bridgehead atoms.